The third-order valence-corrected chi connectivity index (χ3v) is 8.94. The van der Waals surface area contributed by atoms with E-state index in [0.717, 1.165) is 58.3 Å². The summed E-state index contributed by atoms with van der Waals surface area (Å²) in [6, 6.07) is 0. The van der Waals surface area contributed by atoms with Crippen LogP contribution in [-0.2, 0) is 4.74 Å². The Morgan fingerprint density at radius 2 is 0.896 bits per heavy atom. The van der Waals surface area contributed by atoms with E-state index in [1.165, 1.54) is 128 Å². The number of nitrogens with zero attached hydrogens (tertiary/aromatic N) is 2. The maximum absolute atomic E-state index is 12.9. The van der Waals surface area contributed by atoms with Crippen molar-refractivity contribution in [1.29, 1.82) is 0 Å². The van der Waals surface area contributed by atoms with Gasteiger partial charge in [0.05, 0.1) is 6.61 Å². The summed E-state index contributed by atoms with van der Waals surface area (Å²) in [6.45, 7) is 9.08. The van der Waals surface area contributed by atoms with Crippen LogP contribution in [0.4, 0.5) is 4.79 Å². The Bertz CT molecular complexity index is 728. The van der Waals surface area contributed by atoms with Gasteiger partial charge in [0.1, 0.15) is 0 Å². The molecule has 2 N–H and O–H groups in total. The van der Waals surface area contributed by atoms with Crippen molar-refractivity contribution in [1.82, 2.24) is 9.80 Å². The summed E-state index contributed by atoms with van der Waals surface area (Å²) < 4.78 is 5.70. The van der Waals surface area contributed by atoms with Gasteiger partial charge in [0.15, 0.2) is 0 Å². The second-order valence-corrected chi connectivity index (χ2v) is 13.7. The van der Waals surface area contributed by atoms with Crippen molar-refractivity contribution in [2.75, 3.05) is 46.4 Å². The number of carbonyl (C=O) groups excluding carboxylic acids is 1. The van der Waals surface area contributed by atoms with Crippen molar-refractivity contribution >= 4 is 6.09 Å². The average Bonchev–Trinajstić information content (AvgIpc) is 3.08. The summed E-state index contributed by atoms with van der Waals surface area (Å²) in [5.74, 6) is 0. The number of hydrogen-bond acceptors (Lipinski definition) is 4. The number of unbranched alkanes of at least 4 members (excludes halogenated alkanes) is 18. The number of allylic oxidation sites excluding steroid dienone is 8. The zero-order valence-electron chi connectivity index (χ0n) is 32.3. The number of ether oxygens (including phenoxy) is 1. The molecule has 0 aliphatic rings. The first kappa shape index (κ1) is 46.1. The molecule has 280 valence electrons. The van der Waals surface area contributed by atoms with Gasteiger partial charge < -0.3 is 20.3 Å². The van der Waals surface area contributed by atoms with Crippen LogP contribution in [0, 0.1) is 0 Å². The second kappa shape index (κ2) is 39.6. The molecule has 0 unspecified atom stereocenters. The molecule has 0 saturated heterocycles. The van der Waals surface area contributed by atoms with Crippen molar-refractivity contribution in [2.45, 2.75) is 174 Å². The maximum Gasteiger partial charge on any atom is 0.409 e. The van der Waals surface area contributed by atoms with E-state index in [9.17, 15) is 4.79 Å². The van der Waals surface area contributed by atoms with Gasteiger partial charge in [0.25, 0.3) is 0 Å². The first-order chi connectivity index (χ1) is 23.7. The summed E-state index contributed by atoms with van der Waals surface area (Å²) >= 11 is 0. The third kappa shape index (κ3) is 35.5. The molecule has 1 amide bonds. The smallest absolute Gasteiger partial charge is 0.409 e. The van der Waals surface area contributed by atoms with E-state index in [0.29, 0.717) is 13.2 Å². The fourth-order valence-corrected chi connectivity index (χ4v) is 5.79. The molecule has 0 bridgehead atoms. The first-order valence-electron chi connectivity index (χ1n) is 20.6. The minimum Gasteiger partial charge on any atom is -0.449 e. The maximum atomic E-state index is 12.9. The molecule has 5 nitrogen and oxygen atoms in total. The number of likely N-dealkylation sites (N-methyl/N-ethyl adjacent to an activating group) is 1. The molecule has 0 spiro atoms. The molecular weight excluding hydrogens is 590 g/mol. The molecular formula is C43H81N3O2. The molecule has 5 heteroatoms. The molecule has 0 saturated carbocycles. The van der Waals surface area contributed by atoms with Crippen LogP contribution in [0.25, 0.3) is 0 Å². The molecule has 0 rings (SSSR count). The van der Waals surface area contributed by atoms with E-state index in [4.69, 9.17) is 10.5 Å². The minimum atomic E-state index is -0.123. The molecule has 0 atom stereocenters. The molecule has 0 aromatic rings. The van der Waals surface area contributed by atoms with Gasteiger partial charge in [-0.15, -0.1) is 0 Å². The van der Waals surface area contributed by atoms with E-state index < -0.39 is 0 Å². The molecule has 0 aromatic heterocycles. The molecule has 0 aromatic carbocycles. The topological polar surface area (TPSA) is 58.8 Å². The van der Waals surface area contributed by atoms with Crippen molar-refractivity contribution < 1.29 is 9.53 Å². The molecule has 0 aliphatic carbocycles. The Morgan fingerprint density at radius 1 is 0.500 bits per heavy atom. The Balaban J connectivity index is 4.13. The van der Waals surface area contributed by atoms with Crippen molar-refractivity contribution in [3.63, 3.8) is 0 Å². The molecule has 48 heavy (non-hydrogen) atoms. The first-order valence-corrected chi connectivity index (χ1v) is 20.6. The largest absolute Gasteiger partial charge is 0.449 e. The highest BCUT2D eigenvalue weighted by Gasteiger charge is 2.14. The van der Waals surface area contributed by atoms with Gasteiger partial charge in [-0.1, -0.05) is 140 Å². The van der Waals surface area contributed by atoms with E-state index in [1.807, 2.05) is 4.90 Å². The normalized spacial score (nSPS) is 12.2. The van der Waals surface area contributed by atoms with E-state index in [2.05, 4.69) is 74.4 Å². The van der Waals surface area contributed by atoms with Gasteiger partial charge in [-0.2, -0.15) is 0 Å². The monoisotopic (exact) mass is 672 g/mol. The van der Waals surface area contributed by atoms with Crippen LogP contribution in [-0.4, -0.2) is 62.3 Å². The lowest BCUT2D eigenvalue weighted by atomic mass is 10.1. The summed E-state index contributed by atoms with van der Waals surface area (Å²) in [6.07, 6.45) is 49.1. The molecule has 0 aliphatic heterocycles. The Hall–Kier alpha value is -1.85. The summed E-state index contributed by atoms with van der Waals surface area (Å²) in [7, 11) is 2.07. The minimum absolute atomic E-state index is 0.123. The van der Waals surface area contributed by atoms with Gasteiger partial charge in [0.2, 0.25) is 0 Å². The predicted octanol–water partition coefficient (Wildman–Crippen LogP) is 12.3. The van der Waals surface area contributed by atoms with Crippen molar-refractivity contribution in [3.05, 3.63) is 48.6 Å². The Kier molecular flexibility index (Phi) is 38.1. The van der Waals surface area contributed by atoms with Crippen LogP contribution < -0.4 is 5.73 Å². The van der Waals surface area contributed by atoms with Gasteiger partial charge in [0, 0.05) is 32.7 Å². The van der Waals surface area contributed by atoms with Crippen LogP contribution >= 0.6 is 0 Å². The van der Waals surface area contributed by atoms with E-state index in [-0.39, 0.29) is 6.09 Å². The highest BCUT2D eigenvalue weighted by Crippen LogP contribution is 2.12. The van der Waals surface area contributed by atoms with Gasteiger partial charge in [-0.05, 0) is 90.5 Å². The number of hydrogen-bond donors (Lipinski definition) is 1. The molecule has 0 fully saturated rings. The summed E-state index contributed by atoms with van der Waals surface area (Å²) in [4.78, 5) is 17.1. The van der Waals surface area contributed by atoms with Crippen LogP contribution in [0.1, 0.15) is 174 Å². The van der Waals surface area contributed by atoms with Gasteiger partial charge in [-0.25, -0.2) is 4.79 Å². The highest BCUT2D eigenvalue weighted by atomic mass is 16.6. The summed E-state index contributed by atoms with van der Waals surface area (Å²) in [5, 5.41) is 0. The van der Waals surface area contributed by atoms with E-state index >= 15 is 0 Å². The summed E-state index contributed by atoms with van der Waals surface area (Å²) in [5.41, 5.74) is 5.64. The van der Waals surface area contributed by atoms with Crippen LogP contribution in [0.15, 0.2) is 48.6 Å². The lowest BCUT2D eigenvalue weighted by molar-refractivity contribution is 0.0970. The zero-order chi connectivity index (χ0) is 35.0. The SMILES string of the molecule is CCCCC/C=C\C/C=C\CCCCCCCCN(CCCCCCCC/C=C\C/C=C\CCCCC)C(=O)OCCCN(C)CCN. The number of nitrogens with two attached hydrogens (primary N) is 1. The second-order valence-electron chi connectivity index (χ2n) is 13.7. The fraction of sp³-hybridized carbons (Fsp3) is 0.791. The Labute approximate surface area is 299 Å². The molecule has 0 radical (unpaired) electrons. The standard InChI is InChI=1S/C43H81N3O2/c1-4-6-8-10-12-14-16-18-20-22-24-26-28-30-32-34-39-46(43(47)48-42-36-38-45(3)41-37-44)40-35-33-31-29-27-25-23-21-19-17-15-13-11-9-7-5-2/h12-15,18-21H,4-11,16-17,22-42,44H2,1-3H3/b14-12-,15-13-,20-18-,21-19-. The van der Waals surface area contributed by atoms with E-state index in [1.54, 1.807) is 0 Å². The predicted molar refractivity (Wildman–Crippen MR) is 213 cm³/mol. The zero-order valence-corrected chi connectivity index (χ0v) is 32.3. The van der Waals surface area contributed by atoms with Crippen molar-refractivity contribution in [2.24, 2.45) is 5.73 Å². The van der Waals surface area contributed by atoms with Crippen LogP contribution in [0.2, 0.25) is 0 Å². The number of amides is 1. The van der Waals surface area contributed by atoms with Gasteiger partial charge >= 0.3 is 6.09 Å². The van der Waals surface area contributed by atoms with Gasteiger partial charge in [-0.3, -0.25) is 0 Å². The average molecular weight is 672 g/mol. The lowest BCUT2D eigenvalue weighted by Gasteiger charge is -2.23. The Morgan fingerprint density at radius 3 is 1.31 bits per heavy atom. The molecule has 0 heterocycles. The number of carbonyl (C=O) groups is 1. The van der Waals surface area contributed by atoms with Crippen LogP contribution in [0.3, 0.4) is 0 Å². The highest BCUT2D eigenvalue weighted by molar-refractivity contribution is 5.67. The van der Waals surface area contributed by atoms with Crippen LogP contribution in [0.5, 0.6) is 0 Å². The quantitative estimate of drug-likeness (QED) is 0.0532. The lowest BCUT2D eigenvalue weighted by Crippen LogP contribution is -2.34. The van der Waals surface area contributed by atoms with Crippen molar-refractivity contribution in [3.8, 4) is 0 Å². The number of rotatable bonds is 36. The third-order valence-electron chi connectivity index (χ3n) is 8.94. The fourth-order valence-electron chi connectivity index (χ4n) is 5.79.